The van der Waals surface area contributed by atoms with Gasteiger partial charge in [-0.2, -0.15) is 0 Å². The highest BCUT2D eigenvalue weighted by Gasteiger charge is 2.02. The second kappa shape index (κ2) is 6.70. The fourth-order valence-electron chi connectivity index (χ4n) is 1.68. The Bertz CT molecular complexity index is 522. The van der Waals surface area contributed by atoms with Crippen molar-refractivity contribution >= 4 is 5.97 Å². The van der Waals surface area contributed by atoms with Crippen molar-refractivity contribution in [3.8, 4) is 0 Å². The molecule has 0 aliphatic heterocycles. The molecule has 0 unspecified atom stereocenters. The van der Waals surface area contributed by atoms with Crippen molar-refractivity contribution < 1.29 is 14.6 Å². The van der Waals surface area contributed by atoms with Crippen molar-refractivity contribution in [3.05, 3.63) is 54.1 Å². The Kier molecular flexibility index (Phi) is 4.69. The summed E-state index contributed by atoms with van der Waals surface area (Å²) in [5.41, 5.74) is 1.89. The van der Waals surface area contributed by atoms with Gasteiger partial charge >= 0.3 is 5.97 Å². The first-order valence-electron chi connectivity index (χ1n) is 6.08. The number of aryl methyl sites for hydroxylation is 1. The van der Waals surface area contributed by atoms with Crippen molar-refractivity contribution in [3.63, 3.8) is 0 Å². The van der Waals surface area contributed by atoms with Gasteiger partial charge in [0.15, 0.2) is 0 Å². The van der Waals surface area contributed by atoms with E-state index in [9.17, 15) is 4.79 Å². The van der Waals surface area contributed by atoms with Crippen LogP contribution in [0.25, 0.3) is 0 Å². The highest BCUT2D eigenvalue weighted by Crippen LogP contribution is 2.04. The smallest absolute Gasteiger partial charge is 0.303 e. The summed E-state index contributed by atoms with van der Waals surface area (Å²) in [7, 11) is 0. The van der Waals surface area contributed by atoms with Crippen LogP contribution >= 0.6 is 0 Å². The fourth-order valence-corrected chi connectivity index (χ4v) is 1.68. The van der Waals surface area contributed by atoms with Gasteiger partial charge in [-0.3, -0.25) is 4.79 Å². The normalized spacial score (nSPS) is 10.5. The summed E-state index contributed by atoms with van der Waals surface area (Å²) in [5, 5.41) is 8.59. The first-order valence-corrected chi connectivity index (χ1v) is 6.08. The average molecular weight is 260 g/mol. The Hall–Kier alpha value is -2.14. The van der Waals surface area contributed by atoms with Crippen molar-refractivity contribution in [2.45, 2.75) is 26.2 Å². The number of carbonyl (C=O) groups is 1. The minimum Gasteiger partial charge on any atom is -0.481 e. The molecule has 2 aromatic rings. The predicted octanol–water partition coefficient (Wildman–Crippen LogP) is 2.07. The van der Waals surface area contributed by atoms with Crippen LogP contribution in [-0.2, 0) is 29.3 Å². The highest BCUT2D eigenvalue weighted by molar-refractivity contribution is 5.66. The van der Waals surface area contributed by atoms with Crippen LogP contribution in [0.2, 0.25) is 0 Å². The van der Waals surface area contributed by atoms with Gasteiger partial charge in [-0.1, -0.05) is 30.3 Å². The molecule has 0 spiro atoms. The van der Waals surface area contributed by atoms with Gasteiger partial charge in [-0.15, -0.1) is 0 Å². The lowest BCUT2D eigenvalue weighted by Crippen LogP contribution is -2.00. The molecule has 0 aliphatic carbocycles. The number of hydrogen-bond donors (Lipinski definition) is 1. The number of nitrogens with zero attached hydrogens (tertiary/aromatic N) is 2. The summed E-state index contributed by atoms with van der Waals surface area (Å²) in [5.74, 6) is -0.810. The third kappa shape index (κ3) is 4.56. The summed E-state index contributed by atoms with van der Waals surface area (Å²) in [6, 6.07) is 9.92. The summed E-state index contributed by atoms with van der Waals surface area (Å²) in [4.78, 5) is 14.6. The quantitative estimate of drug-likeness (QED) is 0.827. The molecule has 5 nitrogen and oxygen atoms in total. The molecule has 1 aromatic heterocycles. The monoisotopic (exact) mass is 260 g/mol. The van der Waals surface area contributed by atoms with Gasteiger partial charge in [0, 0.05) is 12.6 Å². The molecule has 1 N–H and O–H groups in total. The van der Waals surface area contributed by atoms with E-state index in [4.69, 9.17) is 9.84 Å². The molecule has 0 aliphatic rings. The van der Waals surface area contributed by atoms with Crippen molar-refractivity contribution in [1.82, 2.24) is 9.55 Å². The maximum absolute atomic E-state index is 10.4. The molecule has 0 saturated heterocycles. The predicted molar refractivity (Wildman–Crippen MR) is 69.4 cm³/mol. The summed E-state index contributed by atoms with van der Waals surface area (Å²) < 4.78 is 7.36. The summed E-state index contributed by atoms with van der Waals surface area (Å²) in [6.45, 7) is 0.957. The lowest BCUT2D eigenvalue weighted by molar-refractivity contribution is -0.136. The molecule has 19 heavy (non-hydrogen) atoms. The number of carboxylic acid groups (broad SMARTS) is 1. The fraction of sp³-hybridized carbons (Fsp3) is 0.286. The molecule has 0 bridgehead atoms. The van der Waals surface area contributed by atoms with E-state index >= 15 is 0 Å². The standard InChI is InChI=1S/C14H16N2O3/c17-14(18)7-6-13-8-16(10-15-13)11-19-9-12-4-2-1-3-5-12/h1-5,8,10H,6-7,9,11H2,(H,17,18). The Labute approximate surface area is 111 Å². The maximum Gasteiger partial charge on any atom is 0.303 e. The molecule has 0 atom stereocenters. The molecule has 2 rings (SSSR count). The van der Waals surface area contributed by atoms with Crippen LogP contribution in [0.1, 0.15) is 17.7 Å². The van der Waals surface area contributed by atoms with E-state index in [1.54, 1.807) is 10.9 Å². The lowest BCUT2D eigenvalue weighted by Gasteiger charge is -2.04. The molecule has 1 heterocycles. The molecule has 1 aromatic carbocycles. The van der Waals surface area contributed by atoms with E-state index in [1.165, 1.54) is 0 Å². The second-order valence-corrected chi connectivity index (χ2v) is 4.24. The van der Waals surface area contributed by atoms with Crippen LogP contribution in [-0.4, -0.2) is 20.6 Å². The molecule has 0 amide bonds. The minimum atomic E-state index is -0.810. The third-order valence-corrected chi connectivity index (χ3v) is 2.63. The van der Waals surface area contributed by atoms with Crippen LogP contribution in [0.4, 0.5) is 0 Å². The third-order valence-electron chi connectivity index (χ3n) is 2.63. The zero-order valence-corrected chi connectivity index (χ0v) is 10.5. The van der Waals surface area contributed by atoms with Gasteiger partial charge in [0.1, 0.15) is 6.73 Å². The van der Waals surface area contributed by atoms with Gasteiger partial charge in [0.05, 0.1) is 25.0 Å². The molecule has 0 radical (unpaired) electrons. The van der Waals surface area contributed by atoms with Crippen molar-refractivity contribution in [1.29, 1.82) is 0 Å². The van der Waals surface area contributed by atoms with E-state index < -0.39 is 5.97 Å². The number of hydrogen-bond acceptors (Lipinski definition) is 3. The number of aliphatic carboxylic acids is 1. The van der Waals surface area contributed by atoms with E-state index in [-0.39, 0.29) is 6.42 Å². The molecular formula is C14H16N2O3. The average Bonchev–Trinajstić information content (AvgIpc) is 2.86. The summed E-state index contributed by atoms with van der Waals surface area (Å²) >= 11 is 0. The Balaban J connectivity index is 1.76. The maximum atomic E-state index is 10.4. The first-order chi connectivity index (χ1) is 9.24. The first kappa shape index (κ1) is 13.3. The minimum absolute atomic E-state index is 0.0991. The number of benzene rings is 1. The molecule has 100 valence electrons. The lowest BCUT2D eigenvalue weighted by atomic mass is 10.2. The second-order valence-electron chi connectivity index (χ2n) is 4.24. The SMILES string of the molecule is O=C(O)CCc1cn(COCc2ccccc2)cn1. The zero-order valence-electron chi connectivity index (χ0n) is 10.5. The number of carboxylic acids is 1. The van der Waals surface area contributed by atoms with Crippen LogP contribution < -0.4 is 0 Å². The molecule has 0 fully saturated rings. The topological polar surface area (TPSA) is 64.3 Å². The van der Waals surface area contributed by atoms with Crippen LogP contribution in [0, 0.1) is 0 Å². The van der Waals surface area contributed by atoms with Gasteiger partial charge in [-0.25, -0.2) is 4.98 Å². The van der Waals surface area contributed by atoms with E-state index in [0.29, 0.717) is 19.8 Å². The van der Waals surface area contributed by atoms with Crippen LogP contribution in [0.15, 0.2) is 42.9 Å². The van der Waals surface area contributed by atoms with Crippen molar-refractivity contribution in [2.75, 3.05) is 0 Å². The summed E-state index contributed by atoms with van der Waals surface area (Å²) in [6.07, 6.45) is 4.01. The number of aromatic nitrogens is 2. The Morgan fingerprint density at radius 1 is 1.32 bits per heavy atom. The van der Waals surface area contributed by atoms with Gasteiger partial charge in [-0.05, 0) is 5.56 Å². The van der Waals surface area contributed by atoms with Crippen LogP contribution in [0.3, 0.4) is 0 Å². The number of ether oxygens (including phenoxy) is 1. The van der Waals surface area contributed by atoms with Crippen molar-refractivity contribution in [2.24, 2.45) is 0 Å². The molecular weight excluding hydrogens is 244 g/mol. The molecule has 5 heteroatoms. The Morgan fingerprint density at radius 2 is 2.11 bits per heavy atom. The van der Waals surface area contributed by atoms with E-state index in [0.717, 1.165) is 11.3 Å². The van der Waals surface area contributed by atoms with Gasteiger partial charge in [0.2, 0.25) is 0 Å². The zero-order chi connectivity index (χ0) is 13.5. The van der Waals surface area contributed by atoms with Gasteiger partial charge in [0.25, 0.3) is 0 Å². The van der Waals surface area contributed by atoms with E-state index in [1.807, 2.05) is 36.5 Å². The largest absolute Gasteiger partial charge is 0.481 e. The van der Waals surface area contributed by atoms with Gasteiger partial charge < -0.3 is 14.4 Å². The number of imidazole rings is 1. The highest BCUT2D eigenvalue weighted by atomic mass is 16.5. The van der Waals surface area contributed by atoms with E-state index in [2.05, 4.69) is 4.98 Å². The number of rotatable bonds is 7. The Morgan fingerprint density at radius 3 is 2.84 bits per heavy atom. The van der Waals surface area contributed by atoms with Crippen LogP contribution in [0.5, 0.6) is 0 Å². The molecule has 0 saturated carbocycles.